The Balaban J connectivity index is 2.09. The highest BCUT2D eigenvalue weighted by Gasteiger charge is 2.22. The molecule has 1 aliphatic rings. The molecular weight excluding hydrogens is 220 g/mol. The maximum atomic E-state index is 3.28. The molecule has 3 atom stereocenters. The summed E-state index contributed by atoms with van der Waals surface area (Å²) in [5.74, 6) is 0.875. The second-order valence-corrected chi connectivity index (χ2v) is 5.77. The number of anilines is 1. The van der Waals surface area contributed by atoms with Crippen molar-refractivity contribution in [2.24, 2.45) is 5.92 Å². The first-order valence-corrected chi connectivity index (χ1v) is 7.15. The van der Waals surface area contributed by atoms with Crippen LogP contribution in [-0.4, -0.2) is 19.6 Å². The Morgan fingerprint density at radius 2 is 1.89 bits per heavy atom. The Bertz CT molecular complexity index is 371. The molecule has 1 heterocycles. The number of nitrogens with zero attached hydrogens (tertiary/aromatic N) is 1. The number of rotatable bonds is 3. The highest BCUT2D eigenvalue weighted by atomic mass is 15.2. The summed E-state index contributed by atoms with van der Waals surface area (Å²) in [6, 6.07) is 10.1. The SMILES string of the molecule is CNC(C)c1ccc(N2CCC(C)CC2C)cc1. The van der Waals surface area contributed by atoms with E-state index in [1.54, 1.807) is 0 Å². The summed E-state index contributed by atoms with van der Waals surface area (Å²) in [6.45, 7) is 8.11. The van der Waals surface area contributed by atoms with Gasteiger partial charge in [-0.2, -0.15) is 0 Å². The lowest BCUT2D eigenvalue weighted by Gasteiger charge is -2.38. The van der Waals surface area contributed by atoms with Gasteiger partial charge in [0.25, 0.3) is 0 Å². The zero-order valence-corrected chi connectivity index (χ0v) is 12.1. The van der Waals surface area contributed by atoms with Crippen molar-refractivity contribution in [2.45, 2.75) is 45.7 Å². The fourth-order valence-corrected chi connectivity index (χ4v) is 2.91. The molecule has 0 aliphatic carbocycles. The molecule has 1 fully saturated rings. The van der Waals surface area contributed by atoms with Crippen LogP contribution in [0.3, 0.4) is 0 Å². The largest absolute Gasteiger partial charge is 0.369 e. The molecular formula is C16H26N2. The summed E-state index contributed by atoms with van der Waals surface area (Å²) in [5, 5.41) is 3.28. The number of hydrogen-bond acceptors (Lipinski definition) is 2. The van der Waals surface area contributed by atoms with Crippen LogP contribution in [0.4, 0.5) is 5.69 Å². The predicted octanol–water partition coefficient (Wildman–Crippen LogP) is 3.59. The molecule has 3 unspecified atom stereocenters. The fraction of sp³-hybridized carbons (Fsp3) is 0.625. The van der Waals surface area contributed by atoms with Crippen LogP contribution < -0.4 is 10.2 Å². The molecule has 1 aromatic carbocycles. The van der Waals surface area contributed by atoms with Gasteiger partial charge in [-0.25, -0.2) is 0 Å². The standard InChI is InChI=1S/C16H26N2/c1-12-9-10-18(13(2)11-12)16-7-5-15(6-8-16)14(3)17-4/h5-8,12-14,17H,9-11H2,1-4H3. The molecule has 0 amide bonds. The van der Waals surface area contributed by atoms with E-state index in [4.69, 9.17) is 0 Å². The molecule has 1 aromatic rings. The molecule has 2 nitrogen and oxygen atoms in total. The summed E-state index contributed by atoms with van der Waals surface area (Å²) >= 11 is 0. The minimum absolute atomic E-state index is 0.429. The number of piperidine rings is 1. The Labute approximate surface area is 111 Å². The van der Waals surface area contributed by atoms with E-state index in [9.17, 15) is 0 Å². The van der Waals surface area contributed by atoms with E-state index in [-0.39, 0.29) is 0 Å². The Kier molecular flexibility index (Phi) is 4.28. The molecule has 2 heteroatoms. The van der Waals surface area contributed by atoms with Crippen molar-refractivity contribution in [1.82, 2.24) is 5.32 Å². The lowest BCUT2D eigenvalue weighted by molar-refractivity contribution is 0.378. The minimum atomic E-state index is 0.429. The van der Waals surface area contributed by atoms with Crippen LogP contribution in [0.2, 0.25) is 0 Å². The highest BCUT2D eigenvalue weighted by Crippen LogP contribution is 2.28. The van der Waals surface area contributed by atoms with Crippen molar-refractivity contribution < 1.29 is 0 Å². The van der Waals surface area contributed by atoms with Gasteiger partial charge in [0.1, 0.15) is 0 Å². The third-order valence-electron chi connectivity index (χ3n) is 4.30. The monoisotopic (exact) mass is 246 g/mol. The number of benzene rings is 1. The van der Waals surface area contributed by atoms with Crippen molar-refractivity contribution >= 4 is 5.69 Å². The summed E-state index contributed by atoms with van der Waals surface area (Å²) in [6.07, 6.45) is 2.63. The Morgan fingerprint density at radius 1 is 1.22 bits per heavy atom. The maximum Gasteiger partial charge on any atom is 0.0368 e. The van der Waals surface area contributed by atoms with Gasteiger partial charge in [-0.15, -0.1) is 0 Å². The topological polar surface area (TPSA) is 15.3 Å². The second kappa shape index (κ2) is 5.75. The van der Waals surface area contributed by atoms with Crippen LogP contribution in [0.25, 0.3) is 0 Å². The van der Waals surface area contributed by atoms with Gasteiger partial charge < -0.3 is 10.2 Å². The van der Waals surface area contributed by atoms with Crippen molar-refractivity contribution in [3.8, 4) is 0 Å². The Hall–Kier alpha value is -1.02. The molecule has 0 aromatic heterocycles. The van der Waals surface area contributed by atoms with Gasteiger partial charge in [-0.05, 0) is 57.4 Å². The van der Waals surface area contributed by atoms with Crippen molar-refractivity contribution in [3.63, 3.8) is 0 Å². The molecule has 1 saturated heterocycles. The zero-order chi connectivity index (χ0) is 13.1. The molecule has 1 N–H and O–H groups in total. The lowest BCUT2D eigenvalue weighted by Crippen LogP contribution is -2.40. The molecule has 0 spiro atoms. The normalized spacial score (nSPS) is 26.1. The van der Waals surface area contributed by atoms with E-state index < -0.39 is 0 Å². The van der Waals surface area contributed by atoms with Crippen LogP contribution in [-0.2, 0) is 0 Å². The average Bonchev–Trinajstić information content (AvgIpc) is 2.38. The van der Waals surface area contributed by atoms with Crippen molar-refractivity contribution in [3.05, 3.63) is 29.8 Å². The Morgan fingerprint density at radius 3 is 2.44 bits per heavy atom. The number of nitrogens with one attached hydrogen (secondary N) is 1. The first-order valence-electron chi connectivity index (χ1n) is 7.15. The van der Waals surface area contributed by atoms with Crippen LogP contribution in [0.5, 0.6) is 0 Å². The van der Waals surface area contributed by atoms with E-state index in [0.29, 0.717) is 12.1 Å². The molecule has 100 valence electrons. The molecule has 18 heavy (non-hydrogen) atoms. The van der Waals surface area contributed by atoms with Crippen molar-refractivity contribution in [1.29, 1.82) is 0 Å². The highest BCUT2D eigenvalue weighted by molar-refractivity contribution is 5.49. The molecule has 2 rings (SSSR count). The first kappa shape index (κ1) is 13.4. The fourth-order valence-electron chi connectivity index (χ4n) is 2.91. The van der Waals surface area contributed by atoms with Gasteiger partial charge in [-0.1, -0.05) is 19.1 Å². The zero-order valence-electron chi connectivity index (χ0n) is 12.1. The predicted molar refractivity (Wildman–Crippen MR) is 79.1 cm³/mol. The van der Waals surface area contributed by atoms with Gasteiger partial charge in [0.05, 0.1) is 0 Å². The summed E-state index contributed by atoms with van der Waals surface area (Å²) < 4.78 is 0. The third kappa shape index (κ3) is 2.86. The van der Waals surface area contributed by atoms with Crippen LogP contribution in [0, 0.1) is 5.92 Å². The maximum absolute atomic E-state index is 3.28. The molecule has 0 bridgehead atoms. The van der Waals surface area contributed by atoms with E-state index in [2.05, 4.69) is 55.3 Å². The van der Waals surface area contributed by atoms with Gasteiger partial charge in [0.15, 0.2) is 0 Å². The van der Waals surface area contributed by atoms with E-state index >= 15 is 0 Å². The smallest absolute Gasteiger partial charge is 0.0368 e. The number of hydrogen-bond donors (Lipinski definition) is 1. The van der Waals surface area contributed by atoms with E-state index in [0.717, 1.165) is 5.92 Å². The lowest BCUT2D eigenvalue weighted by atomic mass is 9.93. The summed E-state index contributed by atoms with van der Waals surface area (Å²) in [4.78, 5) is 2.55. The minimum Gasteiger partial charge on any atom is -0.369 e. The average molecular weight is 246 g/mol. The second-order valence-electron chi connectivity index (χ2n) is 5.77. The van der Waals surface area contributed by atoms with Crippen LogP contribution in [0.1, 0.15) is 45.2 Å². The molecule has 1 aliphatic heterocycles. The van der Waals surface area contributed by atoms with Crippen LogP contribution >= 0.6 is 0 Å². The van der Waals surface area contributed by atoms with E-state index in [1.165, 1.54) is 30.6 Å². The summed E-state index contributed by atoms with van der Waals surface area (Å²) in [7, 11) is 2.01. The van der Waals surface area contributed by atoms with Crippen molar-refractivity contribution in [2.75, 3.05) is 18.5 Å². The third-order valence-corrected chi connectivity index (χ3v) is 4.30. The van der Waals surface area contributed by atoms with Gasteiger partial charge in [-0.3, -0.25) is 0 Å². The molecule has 0 radical (unpaired) electrons. The van der Waals surface area contributed by atoms with Gasteiger partial charge in [0, 0.05) is 24.3 Å². The first-order chi connectivity index (χ1) is 8.61. The quantitative estimate of drug-likeness (QED) is 0.876. The van der Waals surface area contributed by atoms with Gasteiger partial charge >= 0.3 is 0 Å². The van der Waals surface area contributed by atoms with Crippen LogP contribution in [0.15, 0.2) is 24.3 Å². The summed E-state index contributed by atoms with van der Waals surface area (Å²) in [5.41, 5.74) is 2.74. The molecule has 0 saturated carbocycles. The van der Waals surface area contributed by atoms with Gasteiger partial charge in [0.2, 0.25) is 0 Å². The van der Waals surface area contributed by atoms with E-state index in [1.807, 2.05) is 7.05 Å².